The van der Waals surface area contributed by atoms with Gasteiger partial charge in [-0.15, -0.1) is 22.7 Å². The highest BCUT2D eigenvalue weighted by molar-refractivity contribution is 7.41. The lowest BCUT2D eigenvalue weighted by Gasteiger charge is -1.71. The Morgan fingerprint density at radius 1 is 1.09 bits per heavy atom. The molecule has 0 aliphatic carbocycles. The first-order valence-electron chi connectivity index (χ1n) is 3.27. The van der Waals surface area contributed by atoms with E-state index in [1.165, 1.54) is 19.5 Å². The molecule has 0 aromatic carbocycles. The van der Waals surface area contributed by atoms with Crippen LogP contribution in [-0.2, 0) is 0 Å². The van der Waals surface area contributed by atoms with E-state index in [1.807, 2.05) is 22.7 Å². The van der Waals surface area contributed by atoms with Gasteiger partial charge >= 0.3 is 0 Å². The molecule has 54 valence electrons. The van der Waals surface area contributed by atoms with Crippen LogP contribution in [0.4, 0.5) is 0 Å². The molecule has 3 aromatic heterocycles. The average Bonchev–Trinajstić information content (AvgIpc) is 2.52. The average molecular weight is 196 g/mol. The maximum atomic E-state index is 2.24. The zero-order chi connectivity index (χ0) is 7.26. The van der Waals surface area contributed by atoms with Crippen molar-refractivity contribution in [2.24, 2.45) is 0 Å². The van der Waals surface area contributed by atoms with Crippen LogP contribution in [0.15, 0.2) is 22.2 Å². The topological polar surface area (TPSA) is 0 Å². The lowest BCUT2D eigenvalue weighted by atomic mass is 10.3. The molecule has 0 amide bonds. The highest BCUT2D eigenvalue weighted by atomic mass is 32.2. The van der Waals surface area contributed by atoms with Gasteiger partial charge in [-0.3, -0.25) is 0 Å². The molecule has 0 atom stereocenters. The van der Waals surface area contributed by atoms with Crippen molar-refractivity contribution < 1.29 is 0 Å². The van der Waals surface area contributed by atoms with Gasteiger partial charge in [-0.25, -0.2) is 0 Å². The van der Waals surface area contributed by atoms with E-state index >= 15 is 0 Å². The molecule has 0 unspecified atom stereocenters. The third kappa shape index (κ3) is 0.732. The smallest absolute Gasteiger partial charge is 0.0878 e. The molecule has 3 heterocycles. The molecule has 0 aliphatic rings. The Hall–Kier alpha value is -0.380. The van der Waals surface area contributed by atoms with Gasteiger partial charge in [-0.05, 0) is 11.4 Å². The molecule has 11 heavy (non-hydrogen) atoms. The highest BCUT2D eigenvalue weighted by Gasteiger charge is 2.04. The van der Waals surface area contributed by atoms with Crippen LogP contribution < -0.4 is 0 Å². The number of rotatable bonds is 0. The summed E-state index contributed by atoms with van der Waals surface area (Å²) in [5.41, 5.74) is 0. The van der Waals surface area contributed by atoms with Crippen LogP contribution in [0.2, 0.25) is 0 Å². The molecule has 0 radical (unpaired) electrons. The SMILES string of the molecule is c1cc2c(s1)sc1cscc12. The quantitative estimate of drug-likeness (QED) is 0.506. The number of thiophene rings is 3. The second kappa shape index (κ2) is 2.06. The molecule has 0 bridgehead atoms. The standard InChI is InChI=1S/C8H4S3/c1-2-10-8-5(1)6-3-9-4-7(6)11-8/h1-4H. The normalized spacial score (nSPS) is 11.6. The minimum absolute atomic E-state index is 1.44. The van der Waals surface area contributed by atoms with E-state index in [0.29, 0.717) is 0 Å². The predicted molar refractivity (Wildman–Crippen MR) is 55.1 cm³/mol. The lowest BCUT2D eigenvalue weighted by Crippen LogP contribution is -1.46. The summed E-state index contributed by atoms with van der Waals surface area (Å²) >= 11 is 5.54. The van der Waals surface area contributed by atoms with Crippen molar-refractivity contribution in [3.8, 4) is 0 Å². The number of fused-ring (bicyclic) bond motifs is 3. The van der Waals surface area contributed by atoms with Gasteiger partial charge < -0.3 is 0 Å². The van der Waals surface area contributed by atoms with Gasteiger partial charge in [0.2, 0.25) is 0 Å². The molecule has 0 saturated heterocycles. The monoisotopic (exact) mass is 196 g/mol. The minimum Gasteiger partial charge on any atom is -0.150 e. The van der Waals surface area contributed by atoms with Crippen LogP contribution in [-0.4, -0.2) is 0 Å². The Morgan fingerprint density at radius 3 is 3.09 bits per heavy atom. The number of hydrogen-bond acceptors (Lipinski definition) is 3. The molecular weight excluding hydrogens is 192 g/mol. The first-order chi connectivity index (χ1) is 5.45. The summed E-state index contributed by atoms with van der Waals surface area (Å²) in [6.07, 6.45) is 0. The summed E-state index contributed by atoms with van der Waals surface area (Å²) in [6.45, 7) is 0. The van der Waals surface area contributed by atoms with Crippen molar-refractivity contribution in [2.75, 3.05) is 0 Å². The molecule has 0 aliphatic heterocycles. The summed E-state index contributed by atoms with van der Waals surface area (Å²) in [4.78, 5) is 0. The van der Waals surface area contributed by atoms with E-state index in [9.17, 15) is 0 Å². The van der Waals surface area contributed by atoms with Crippen LogP contribution in [0.5, 0.6) is 0 Å². The molecular formula is C8H4S3. The first kappa shape index (κ1) is 6.17. The molecule has 3 rings (SSSR count). The van der Waals surface area contributed by atoms with Crippen molar-refractivity contribution in [3.05, 3.63) is 22.2 Å². The summed E-state index contributed by atoms with van der Waals surface area (Å²) in [6, 6.07) is 2.21. The summed E-state index contributed by atoms with van der Waals surface area (Å²) in [5.74, 6) is 0. The molecule has 3 heteroatoms. The van der Waals surface area contributed by atoms with E-state index in [0.717, 1.165) is 0 Å². The third-order valence-corrected chi connectivity index (χ3v) is 4.85. The van der Waals surface area contributed by atoms with Gasteiger partial charge in [-0.2, -0.15) is 11.3 Å². The van der Waals surface area contributed by atoms with E-state index < -0.39 is 0 Å². The molecule has 0 saturated carbocycles. The van der Waals surface area contributed by atoms with Crippen LogP contribution in [0.3, 0.4) is 0 Å². The van der Waals surface area contributed by atoms with Crippen LogP contribution in [0.1, 0.15) is 0 Å². The van der Waals surface area contributed by atoms with Crippen molar-refractivity contribution >= 4 is 53.5 Å². The summed E-state index contributed by atoms with van der Waals surface area (Å²) in [7, 11) is 0. The van der Waals surface area contributed by atoms with Crippen molar-refractivity contribution in [1.82, 2.24) is 0 Å². The van der Waals surface area contributed by atoms with Gasteiger partial charge in [0.1, 0.15) is 0 Å². The fraction of sp³-hybridized carbons (Fsp3) is 0. The molecule has 0 fully saturated rings. The van der Waals surface area contributed by atoms with Gasteiger partial charge in [-0.1, -0.05) is 0 Å². The Balaban J connectivity index is 2.75. The fourth-order valence-corrected chi connectivity index (χ4v) is 4.40. The Morgan fingerprint density at radius 2 is 2.09 bits per heavy atom. The van der Waals surface area contributed by atoms with Gasteiger partial charge in [0.15, 0.2) is 0 Å². The van der Waals surface area contributed by atoms with Gasteiger partial charge in [0, 0.05) is 26.2 Å². The Labute approximate surface area is 75.7 Å². The molecule has 0 nitrogen and oxygen atoms in total. The second-order valence-corrected chi connectivity index (χ2v) is 5.34. The van der Waals surface area contributed by atoms with Crippen molar-refractivity contribution in [3.63, 3.8) is 0 Å². The van der Waals surface area contributed by atoms with E-state index in [1.54, 1.807) is 11.3 Å². The number of hydrogen-bond donors (Lipinski definition) is 0. The van der Waals surface area contributed by atoms with Gasteiger partial charge in [0.25, 0.3) is 0 Å². The second-order valence-electron chi connectivity index (χ2n) is 2.37. The lowest BCUT2D eigenvalue weighted by molar-refractivity contribution is 2.20. The predicted octanol–water partition coefficient (Wildman–Crippen LogP) is 4.18. The van der Waals surface area contributed by atoms with Crippen LogP contribution >= 0.6 is 34.0 Å². The Kier molecular flexibility index (Phi) is 1.16. The summed E-state index contributed by atoms with van der Waals surface area (Å²) < 4.78 is 2.90. The zero-order valence-electron chi connectivity index (χ0n) is 5.53. The molecule has 3 aromatic rings. The molecule has 0 spiro atoms. The van der Waals surface area contributed by atoms with Gasteiger partial charge in [0.05, 0.1) is 4.01 Å². The maximum absolute atomic E-state index is 2.24. The van der Waals surface area contributed by atoms with E-state index in [4.69, 9.17) is 0 Å². The first-order valence-corrected chi connectivity index (χ1v) is 5.91. The minimum atomic E-state index is 1.44. The Bertz CT molecular complexity index is 452. The van der Waals surface area contributed by atoms with Crippen molar-refractivity contribution in [2.45, 2.75) is 0 Å². The summed E-state index contributed by atoms with van der Waals surface area (Å²) in [5, 5.41) is 9.51. The maximum Gasteiger partial charge on any atom is 0.0878 e. The van der Waals surface area contributed by atoms with E-state index in [2.05, 4.69) is 22.2 Å². The molecule has 0 N–H and O–H groups in total. The third-order valence-electron chi connectivity index (χ3n) is 1.75. The fourth-order valence-electron chi connectivity index (χ4n) is 1.23. The largest absolute Gasteiger partial charge is 0.150 e. The highest BCUT2D eigenvalue weighted by Crippen LogP contribution is 2.38. The zero-order valence-corrected chi connectivity index (χ0v) is 7.98. The van der Waals surface area contributed by atoms with Crippen molar-refractivity contribution in [1.29, 1.82) is 0 Å². The van der Waals surface area contributed by atoms with Crippen LogP contribution in [0, 0.1) is 0 Å². The van der Waals surface area contributed by atoms with E-state index in [-0.39, 0.29) is 0 Å². The van der Waals surface area contributed by atoms with Crippen LogP contribution in [0.25, 0.3) is 19.5 Å².